The van der Waals surface area contributed by atoms with Gasteiger partial charge in [-0.15, -0.1) is 0 Å². The average Bonchev–Trinajstić information content (AvgIpc) is 1.94. The summed E-state index contributed by atoms with van der Waals surface area (Å²) in [5.41, 5.74) is 0. The Morgan fingerprint density at radius 2 is 1.69 bits per heavy atom. The van der Waals surface area contributed by atoms with Gasteiger partial charge in [0.25, 0.3) is 0 Å². The topological polar surface area (TPSA) is 40.5 Å². The molecule has 13 heavy (non-hydrogen) atoms. The molecule has 1 aliphatic carbocycles. The third-order valence-electron chi connectivity index (χ3n) is 2.49. The smallest absolute Gasteiger partial charge is 0.449 e. The predicted octanol–water partition coefficient (Wildman–Crippen LogP) is 1.36. The predicted molar refractivity (Wildman–Crippen MR) is 43.2 cm³/mol. The van der Waals surface area contributed by atoms with Crippen LogP contribution in [0.4, 0.5) is 12.9 Å². The first-order chi connectivity index (χ1) is 5.88. The summed E-state index contributed by atoms with van der Waals surface area (Å²) in [5, 5.41) is 18.2. The number of aliphatic hydroxyl groups is 2. The van der Waals surface area contributed by atoms with Crippen LogP contribution < -0.4 is 0 Å². The average molecular weight is 197 g/mol. The van der Waals surface area contributed by atoms with Crippen molar-refractivity contribution in [3.8, 4) is 0 Å². The molecule has 0 bridgehead atoms. The second-order valence-electron chi connectivity index (χ2n) is 3.76. The maximum absolute atomic E-state index is 12.0. The van der Waals surface area contributed by atoms with Crippen LogP contribution in [0.1, 0.15) is 19.3 Å². The molecule has 2 nitrogen and oxygen atoms in total. The second kappa shape index (κ2) is 3.88. The first-order valence-corrected chi connectivity index (χ1v) is 4.45. The summed E-state index contributed by atoms with van der Waals surface area (Å²) in [4.78, 5) is 0. The standard InChI is InChI=1S/C7H13BF3O2/c9-8(10,11)4-5-1-2-6(12)7(13)3-5/h5-7,12-13H,1-4H2/q-1/t5?,6-,7+/m1/s1. The van der Waals surface area contributed by atoms with E-state index in [4.69, 9.17) is 10.2 Å². The molecule has 0 aliphatic heterocycles. The first kappa shape index (κ1) is 10.9. The zero-order valence-electron chi connectivity index (χ0n) is 7.17. The van der Waals surface area contributed by atoms with Gasteiger partial charge >= 0.3 is 6.98 Å². The van der Waals surface area contributed by atoms with Crippen molar-refractivity contribution in [2.24, 2.45) is 5.92 Å². The van der Waals surface area contributed by atoms with Gasteiger partial charge in [0.05, 0.1) is 12.2 Å². The van der Waals surface area contributed by atoms with Gasteiger partial charge < -0.3 is 23.2 Å². The van der Waals surface area contributed by atoms with Gasteiger partial charge in [-0.1, -0.05) is 18.7 Å². The number of halogens is 3. The fourth-order valence-corrected chi connectivity index (χ4v) is 1.81. The van der Waals surface area contributed by atoms with Crippen LogP contribution in [0.5, 0.6) is 0 Å². The van der Waals surface area contributed by atoms with Gasteiger partial charge in [-0.05, 0) is 12.8 Å². The highest BCUT2D eigenvalue weighted by molar-refractivity contribution is 6.58. The lowest BCUT2D eigenvalue weighted by Crippen LogP contribution is -2.35. The Balaban J connectivity index is 2.38. The molecule has 1 rings (SSSR count). The van der Waals surface area contributed by atoms with Crippen molar-refractivity contribution in [1.29, 1.82) is 0 Å². The molecular formula is C7H13BF3O2-. The molecule has 0 saturated heterocycles. The molecule has 1 fully saturated rings. The molecule has 0 spiro atoms. The van der Waals surface area contributed by atoms with Crippen molar-refractivity contribution in [2.75, 3.05) is 0 Å². The molecule has 0 radical (unpaired) electrons. The van der Waals surface area contributed by atoms with E-state index in [0.29, 0.717) is 6.42 Å². The van der Waals surface area contributed by atoms with Crippen LogP contribution in [-0.2, 0) is 0 Å². The molecule has 1 aliphatic rings. The van der Waals surface area contributed by atoms with E-state index in [1.165, 1.54) is 0 Å². The quantitative estimate of drug-likeness (QED) is 0.656. The Kier molecular flexibility index (Phi) is 3.24. The van der Waals surface area contributed by atoms with Crippen LogP contribution in [0, 0.1) is 5.92 Å². The van der Waals surface area contributed by atoms with E-state index < -0.39 is 31.4 Å². The van der Waals surface area contributed by atoms with Gasteiger partial charge in [0.2, 0.25) is 0 Å². The Morgan fingerprint density at radius 1 is 1.08 bits per heavy atom. The van der Waals surface area contributed by atoms with Gasteiger partial charge in [0.15, 0.2) is 0 Å². The molecule has 0 amide bonds. The van der Waals surface area contributed by atoms with E-state index in [1.807, 2.05) is 0 Å². The van der Waals surface area contributed by atoms with E-state index in [-0.39, 0.29) is 12.8 Å². The van der Waals surface area contributed by atoms with Crippen molar-refractivity contribution in [1.82, 2.24) is 0 Å². The van der Waals surface area contributed by atoms with Gasteiger partial charge in [-0.25, -0.2) is 0 Å². The zero-order chi connectivity index (χ0) is 10.1. The number of rotatable bonds is 2. The Bertz CT molecular complexity index is 174. The lowest BCUT2D eigenvalue weighted by molar-refractivity contribution is -0.0235. The SMILES string of the molecule is O[C@@H]1CCC(C[B-](F)(F)F)C[C@@H]1O. The molecule has 0 aromatic rings. The third kappa shape index (κ3) is 3.56. The minimum absolute atomic E-state index is 0.0719. The molecule has 2 N–H and O–H groups in total. The van der Waals surface area contributed by atoms with Crippen LogP contribution in [0.2, 0.25) is 6.32 Å². The van der Waals surface area contributed by atoms with Crippen LogP contribution in [0.25, 0.3) is 0 Å². The van der Waals surface area contributed by atoms with E-state index >= 15 is 0 Å². The fraction of sp³-hybridized carbons (Fsp3) is 1.00. The molecule has 0 aromatic heterocycles. The van der Waals surface area contributed by atoms with Gasteiger partial charge in [0, 0.05) is 0 Å². The van der Waals surface area contributed by atoms with Crippen LogP contribution in [0.3, 0.4) is 0 Å². The molecule has 78 valence electrons. The summed E-state index contributed by atoms with van der Waals surface area (Å²) < 4.78 is 35.9. The first-order valence-electron chi connectivity index (χ1n) is 4.45. The molecule has 1 saturated carbocycles. The highest BCUT2D eigenvalue weighted by Crippen LogP contribution is 2.32. The molecule has 0 heterocycles. The van der Waals surface area contributed by atoms with Crippen LogP contribution >= 0.6 is 0 Å². The lowest BCUT2D eigenvalue weighted by atomic mass is 9.71. The molecule has 6 heteroatoms. The van der Waals surface area contributed by atoms with Gasteiger partial charge in [0.1, 0.15) is 0 Å². The second-order valence-corrected chi connectivity index (χ2v) is 3.76. The van der Waals surface area contributed by atoms with E-state index in [2.05, 4.69) is 0 Å². The zero-order valence-corrected chi connectivity index (χ0v) is 7.17. The van der Waals surface area contributed by atoms with Gasteiger partial charge in [-0.3, -0.25) is 0 Å². The monoisotopic (exact) mass is 197 g/mol. The highest BCUT2D eigenvalue weighted by atomic mass is 19.4. The third-order valence-corrected chi connectivity index (χ3v) is 2.49. The van der Waals surface area contributed by atoms with Crippen molar-refractivity contribution < 1.29 is 23.2 Å². The lowest BCUT2D eigenvalue weighted by Gasteiger charge is -2.32. The molecule has 0 aromatic carbocycles. The fourth-order valence-electron chi connectivity index (χ4n) is 1.81. The number of hydrogen-bond acceptors (Lipinski definition) is 2. The Labute approximate surface area is 74.8 Å². The number of hydrogen-bond donors (Lipinski definition) is 2. The molecule has 3 atom stereocenters. The largest absolute Gasteiger partial charge is 0.478 e. The minimum atomic E-state index is -4.76. The Hall–Kier alpha value is -0.225. The highest BCUT2D eigenvalue weighted by Gasteiger charge is 2.33. The molecular weight excluding hydrogens is 184 g/mol. The van der Waals surface area contributed by atoms with Crippen molar-refractivity contribution in [2.45, 2.75) is 37.8 Å². The normalized spacial score (nSPS) is 36.2. The van der Waals surface area contributed by atoms with E-state index in [9.17, 15) is 12.9 Å². The summed E-state index contributed by atoms with van der Waals surface area (Å²) in [5.74, 6) is -0.501. The summed E-state index contributed by atoms with van der Waals surface area (Å²) >= 11 is 0. The van der Waals surface area contributed by atoms with Gasteiger partial charge in [-0.2, -0.15) is 0 Å². The summed E-state index contributed by atoms with van der Waals surface area (Å²) in [6, 6.07) is 0. The van der Waals surface area contributed by atoms with Crippen LogP contribution in [0.15, 0.2) is 0 Å². The minimum Gasteiger partial charge on any atom is -0.449 e. The van der Waals surface area contributed by atoms with Crippen molar-refractivity contribution in [3.05, 3.63) is 0 Å². The summed E-state index contributed by atoms with van der Waals surface area (Å²) in [7, 11) is 0. The van der Waals surface area contributed by atoms with Crippen LogP contribution in [-0.4, -0.2) is 29.4 Å². The number of aliphatic hydroxyl groups excluding tert-OH is 2. The maximum atomic E-state index is 12.0. The van der Waals surface area contributed by atoms with Crippen molar-refractivity contribution in [3.63, 3.8) is 0 Å². The summed E-state index contributed by atoms with van der Waals surface area (Å²) in [6.45, 7) is -4.76. The van der Waals surface area contributed by atoms with E-state index in [1.54, 1.807) is 0 Å². The Morgan fingerprint density at radius 3 is 2.15 bits per heavy atom. The van der Waals surface area contributed by atoms with Crippen molar-refractivity contribution >= 4 is 6.98 Å². The maximum Gasteiger partial charge on any atom is 0.478 e. The van der Waals surface area contributed by atoms with E-state index in [0.717, 1.165) is 0 Å². The molecule has 1 unspecified atom stereocenters. The summed E-state index contributed by atoms with van der Waals surface area (Å²) in [6.07, 6.45) is -1.89.